The van der Waals surface area contributed by atoms with Crippen LogP contribution in [-0.2, 0) is 5.75 Å². The lowest BCUT2D eigenvalue weighted by molar-refractivity contribution is 0.391. The average molecular weight is 432 g/mol. The van der Waals surface area contributed by atoms with E-state index in [2.05, 4.69) is 37.9 Å². The minimum absolute atomic E-state index is 0.508. The van der Waals surface area contributed by atoms with Crippen LogP contribution in [-0.4, -0.2) is 24.9 Å². The van der Waals surface area contributed by atoms with Gasteiger partial charge in [-0.2, -0.15) is 4.98 Å². The van der Waals surface area contributed by atoms with Gasteiger partial charge in [-0.3, -0.25) is 4.57 Å². The summed E-state index contributed by atoms with van der Waals surface area (Å²) in [7, 11) is 0. The van der Waals surface area contributed by atoms with Gasteiger partial charge >= 0.3 is 0 Å². The SMILES string of the molecule is Cc1ccc(-c2noc(CSc3nnc(-c4cccs4)n3-c3ccccc3)n2)cc1. The molecule has 0 unspecified atom stereocenters. The van der Waals surface area contributed by atoms with Gasteiger partial charge in [-0.25, -0.2) is 0 Å². The molecule has 0 saturated heterocycles. The highest BCUT2D eigenvalue weighted by molar-refractivity contribution is 7.98. The number of benzene rings is 2. The van der Waals surface area contributed by atoms with Crippen LogP contribution in [0, 0.1) is 6.92 Å². The van der Waals surface area contributed by atoms with Gasteiger partial charge in [-0.1, -0.05) is 71.0 Å². The lowest BCUT2D eigenvalue weighted by Gasteiger charge is -2.08. The Kier molecular flexibility index (Phi) is 5.17. The van der Waals surface area contributed by atoms with Crippen LogP contribution < -0.4 is 0 Å². The Hall–Kier alpha value is -3.23. The first-order valence-electron chi connectivity index (χ1n) is 9.35. The van der Waals surface area contributed by atoms with Crippen LogP contribution in [0.2, 0.25) is 0 Å². The number of hydrogen-bond acceptors (Lipinski definition) is 7. The summed E-state index contributed by atoms with van der Waals surface area (Å²) in [5.41, 5.74) is 3.15. The molecular formula is C22H17N5OS2. The third-order valence-corrected chi connectivity index (χ3v) is 6.27. The molecule has 30 heavy (non-hydrogen) atoms. The molecule has 0 atom stereocenters. The first kappa shape index (κ1) is 18.8. The molecule has 0 radical (unpaired) electrons. The first-order valence-corrected chi connectivity index (χ1v) is 11.2. The monoisotopic (exact) mass is 431 g/mol. The van der Waals surface area contributed by atoms with E-state index in [1.165, 1.54) is 17.3 Å². The highest BCUT2D eigenvalue weighted by atomic mass is 32.2. The van der Waals surface area contributed by atoms with Crippen molar-refractivity contribution in [2.45, 2.75) is 17.8 Å². The van der Waals surface area contributed by atoms with Crippen LogP contribution in [0.5, 0.6) is 0 Å². The van der Waals surface area contributed by atoms with Gasteiger partial charge in [0, 0.05) is 11.3 Å². The van der Waals surface area contributed by atoms with E-state index >= 15 is 0 Å². The van der Waals surface area contributed by atoms with Crippen LogP contribution in [0.4, 0.5) is 0 Å². The van der Waals surface area contributed by atoms with Gasteiger partial charge in [0.2, 0.25) is 11.7 Å². The number of hydrogen-bond donors (Lipinski definition) is 0. The molecule has 6 nitrogen and oxygen atoms in total. The maximum atomic E-state index is 5.46. The van der Waals surface area contributed by atoms with Crippen molar-refractivity contribution >= 4 is 23.1 Å². The molecule has 0 aliphatic carbocycles. The molecule has 5 aromatic rings. The lowest BCUT2D eigenvalue weighted by atomic mass is 10.1. The van der Waals surface area contributed by atoms with Crippen LogP contribution in [0.25, 0.3) is 27.8 Å². The first-order chi connectivity index (χ1) is 14.8. The summed E-state index contributed by atoms with van der Waals surface area (Å²) in [6.07, 6.45) is 0. The van der Waals surface area contributed by atoms with Crippen molar-refractivity contribution in [2.75, 3.05) is 0 Å². The normalized spacial score (nSPS) is 11.1. The molecule has 0 N–H and O–H groups in total. The number of nitrogens with zero attached hydrogens (tertiary/aromatic N) is 5. The summed E-state index contributed by atoms with van der Waals surface area (Å²) < 4.78 is 7.52. The molecular weight excluding hydrogens is 414 g/mol. The zero-order chi connectivity index (χ0) is 20.3. The smallest absolute Gasteiger partial charge is 0.237 e. The fraction of sp³-hybridized carbons (Fsp3) is 0.0909. The van der Waals surface area contributed by atoms with Gasteiger partial charge in [0.15, 0.2) is 11.0 Å². The number of thioether (sulfide) groups is 1. The van der Waals surface area contributed by atoms with Crippen molar-refractivity contribution in [1.29, 1.82) is 0 Å². The summed E-state index contributed by atoms with van der Waals surface area (Å²) in [5.74, 6) is 2.48. The summed E-state index contributed by atoms with van der Waals surface area (Å²) >= 11 is 3.16. The molecule has 0 bridgehead atoms. The lowest BCUT2D eigenvalue weighted by Crippen LogP contribution is -1.98. The highest BCUT2D eigenvalue weighted by Gasteiger charge is 2.18. The summed E-state index contributed by atoms with van der Waals surface area (Å²) in [4.78, 5) is 5.60. The molecule has 0 fully saturated rings. The maximum absolute atomic E-state index is 5.46. The zero-order valence-electron chi connectivity index (χ0n) is 16.1. The number of thiophene rings is 1. The number of aromatic nitrogens is 5. The van der Waals surface area contributed by atoms with Gasteiger partial charge in [-0.15, -0.1) is 21.5 Å². The van der Waals surface area contributed by atoms with Crippen molar-refractivity contribution in [2.24, 2.45) is 0 Å². The van der Waals surface area contributed by atoms with Gasteiger partial charge in [0.05, 0.1) is 10.6 Å². The zero-order valence-corrected chi connectivity index (χ0v) is 17.7. The van der Waals surface area contributed by atoms with Crippen LogP contribution in [0.15, 0.2) is 81.8 Å². The Balaban J connectivity index is 1.41. The standard InChI is InChI=1S/C22H17N5OS2/c1-15-9-11-16(12-10-15)20-23-19(28-26-20)14-30-22-25-24-21(18-8-5-13-29-18)27(22)17-6-3-2-4-7-17/h2-13H,14H2,1H3. The average Bonchev–Trinajstić information content (AvgIpc) is 3.53. The molecule has 2 aromatic carbocycles. The van der Waals surface area contributed by atoms with Gasteiger partial charge in [-0.05, 0) is 30.5 Å². The minimum Gasteiger partial charge on any atom is -0.338 e. The summed E-state index contributed by atoms with van der Waals surface area (Å²) in [6.45, 7) is 2.05. The number of aryl methyl sites for hydroxylation is 1. The van der Waals surface area contributed by atoms with Gasteiger partial charge in [0.1, 0.15) is 0 Å². The second-order valence-electron chi connectivity index (χ2n) is 6.62. The van der Waals surface area contributed by atoms with E-state index in [4.69, 9.17) is 4.52 Å². The Morgan fingerprint density at radius 3 is 2.57 bits per heavy atom. The largest absolute Gasteiger partial charge is 0.338 e. The maximum Gasteiger partial charge on any atom is 0.237 e. The Bertz CT molecular complexity index is 1240. The Morgan fingerprint density at radius 2 is 1.80 bits per heavy atom. The molecule has 0 spiro atoms. The summed E-state index contributed by atoms with van der Waals surface area (Å²) in [6, 6.07) is 22.2. The van der Waals surface area contributed by atoms with Crippen molar-refractivity contribution in [3.05, 3.63) is 83.6 Å². The Morgan fingerprint density at radius 1 is 0.967 bits per heavy atom. The molecule has 3 aromatic heterocycles. The van der Waals surface area contributed by atoms with E-state index in [0.29, 0.717) is 17.5 Å². The summed E-state index contributed by atoms with van der Waals surface area (Å²) in [5, 5.41) is 15.8. The highest BCUT2D eigenvalue weighted by Crippen LogP contribution is 2.31. The predicted octanol–water partition coefficient (Wildman–Crippen LogP) is 5.65. The van der Waals surface area contributed by atoms with Crippen molar-refractivity contribution in [3.63, 3.8) is 0 Å². The Labute approximate surface area is 181 Å². The molecule has 5 rings (SSSR count). The fourth-order valence-electron chi connectivity index (χ4n) is 3.00. The fourth-order valence-corrected chi connectivity index (χ4v) is 4.49. The van der Waals surface area contributed by atoms with Gasteiger partial charge in [0.25, 0.3) is 0 Å². The van der Waals surface area contributed by atoms with Crippen molar-refractivity contribution in [1.82, 2.24) is 24.9 Å². The topological polar surface area (TPSA) is 69.6 Å². The number of para-hydroxylation sites is 1. The second-order valence-corrected chi connectivity index (χ2v) is 8.51. The molecule has 8 heteroatoms. The quantitative estimate of drug-likeness (QED) is 0.324. The molecule has 3 heterocycles. The van der Waals surface area contributed by atoms with Crippen molar-refractivity contribution < 1.29 is 4.52 Å². The second kappa shape index (κ2) is 8.25. The van der Waals surface area contributed by atoms with Crippen LogP contribution in [0.3, 0.4) is 0 Å². The van der Waals surface area contributed by atoms with Gasteiger partial charge < -0.3 is 4.52 Å². The van der Waals surface area contributed by atoms with E-state index in [1.54, 1.807) is 11.3 Å². The van der Waals surface area contributed by atoms with Crippen LogP contribution in [0.1, 0.15) is 11.5 Å². The molecule has 0 amide bonds. The van der Waals surface area contributed by atoms with E-state index in [-0.39, 0.29) is 0 Å². The minimum atomic E-state index is 0.508. The molecule has 0 aliphatic heterocycles. The van der Waals surface area contributed by atoms with E-state index in [9.17, 15) is 0 Å². The molecule has 0 aliphatic rings. The predicted molar refractivity (Wildman–Crippen MR) is 119 cm³/mol. The third-order valence-electron chi connectivity index (χ3n) is 4.49. The third kappa shape index (κ3) is 3.79. The molecule has 148 valence electrons. The van der Waals surface area contributed by atoms with Crippen molar-refractivity contribution in [3.8, 4) is 27.8 Å². The van der Waals surface area contributed by atoms with E-state index in [0.717, 1.165) is 27.1 Å². The van der Waals surface area contributed by atoms with Crippen LogP contribution >= 0.6 is 23.1 Å². The van der Waals surface area contributed by atoms with E-state index < -0.39 is 0 Å². The molecule has 0 saturated carbocycles. The number of rotatable bonds is 6. The van der Waals surface area contributed by atoms with E-state index in [1.807, 2.05) is 66.0 Å².